The first-order valence-corrected chi connectivity index (χ1v) is 7.70. The van der Waals surface area contributed by atoms with Gasteiger partial charge in [-0.2, -0.15) is 0 Å². The van der Waals surface area contributed by atoms with E-state index in [9.17, 15) is 5.11 Å². The van der Waals surface area contributed by atoms with Crippen LogP contribution in [0.25, 0.3) is 11.3 Å². The summed E-state index contributed by atoms with van der Waals surface area (Å²) in [6.07, 6.45) is 2.39. The molecule has 1 aromatic heterocycles. The molecule has 2 aromatic rings. The average Bonchev–Trinajstić information content (AvgIpc) is 2.49. The lowest BCUT2D eigenvalue weighted by Gasteiger charge is -2.30. The van der Waals surface area contributed by atoms with Crippen molar-refractivity contribution in [2.45, 2.75) is 25.8 Å². The molecule has 1 saturated heterocycles. The molecule has 2 N–H and O–H groups in total. The second-order valence-corrected chi connectivity index (χ2v) is 6.05. The van der Waals surface area contributed by atoms with E-state index < -0.39 is 0 Å². The minimum absolute atomic E-state index is 0.258. The first-order chi connectivity index (χ1) is 10.6. The highest BCUT2D eigenvalue weighted by molar-refractivity contribution is 5.64. The van der Waals surface area contributed by atoms with Crippen LogP contribution in [0.1, 0.15) is 18.4 Å². The van der Waals surface area contributed by atoms with E-state index in [4.69, 9.17) is 0 Å². The molecule has 0 saturated carbocycles. The van der Waals surface area contributed by atoms with E-state index in [-0.39, 0.29) is 5.75 Å². The van der Waals surface area contributed by atoms with E-state index >= 15 is 0 Å². The molecular weight excluding hydrogens is 276 g/mol. The van der Waals surface area contributed by atoms with Crippen molar-refractivity contribution in [3.8, 4) is 17.0 Å². The Balaban J connectivity index is 1.75. The lowest BCUT2D eigenvalue weighted by Crippen LogP contribution is -2.39. The Kier molecular flexibility index (Phi) is 4.24. The van der Waals surface area contributed by atoms with Crippen LogP contribution in [-0.2, 0) is 0 Å². The number of aromatic nitrogens is 2. The number of benzene rings is 1. The molecule has 1 aliphatic heterocycles. The van der Waals surface area contributed by atoms with Gasteiger partial charge in [0.25, 0.3) is 0 Å². The maximum Gasteiger partial charge on any atom is 0.149 e. The number of nitrogens with one attached hydrogen (secondary N) is 1. The van der Waals surface area contributed by atoms with Crippen molar-refractivity contribution in [1.82, 2.24) is 15.1 Å². The lowest BCUT2D eigenvalue weighted by atomic mass is 10.1. The number of aryl methyl sites for hydroxylation is 1. The number of anilines is 1. The predicted molar refractivity (Wildman–Crippen MR) is 88.0 cm³/mol. The van der Waals surface area contributed by atoms with Crippen molar-refractivity contribution < 1.29 is 5.11 Å². The highest BCUT2D eigenvalue weighted by Crippen LogP contribution is 2.24. The second-order valence-electron chi connectivity index (χ2n) is 6.05. The number of hydrogen-bond acceptors (Lipinski definition) is 5. The zero-order valence-electron chi connectivity index (χ0n) is 13.1. The molecule has 0 aliphatic carbocycles. The molecule has 0 amide bonds. The molecule has 1 aliphatic rings. The van der Waals surface area contributed by atoms with E-state index in [1.807, 2.05) is 25.1 Å². The number of rotatable bonds is 3. The minimum Gasteiger partial charge on any atom is -0.508 e. The van der Waals surface area contributed by atoms with Gasteiger partial charge in [0.15, 0.2) is 0 Å². The van der Waals surface area contributed by atoms with Crippen LogP contribution < -0.4 is 5.32 Å². The smallest absolute Gasteiger partial charge is 0.149 e. The number of aromatic hydroxyl groups is 1. The number of phenolic OH excluding ortho intramolecular Hbond substituents is 1. The fourth-order valence-electron chi connectivity index (χ4n) is 2.95. The molecule has 116 valence electrons. The number of phenols is 1. The fraction of sp³-hybridized carbons (Fsp3) is 0.412. The number of piperidine rings is 1. The maximum atomic E-state index is 9.37. The van der Waals surface area contributed by atoms with Gasteiger partial charge in [-0.1, -0.05) is 0 Å². The largest absolute Gasteiger partial charge is 0.508 e. The predicted octanol–water partition coefficient (Wildman–Crippen LogP) is 2.66. The molecule has 5 nitrogen and oxygen atoms in total. The Hall–Kier alpha value is -2.14. The van der Waals surface area contributed by atoms with Crippen molar-refractivity contribution in [2.75, 3.05) is 25.5 Å². The normalized spacial score (nSPS) is 19.1. The Labute approximate surface area is 131 Å². The molecule has 0 spiro atoms. The van der Waals surface area contributed by atoms with Gasteiger partial charge in [-0.3, -0.25) is 0 Å². The van der Waals surface area contributed by atoms with Crippen LogP contribution in [0.3, 0.4) is 0 Å². The van der Waals surface area contributed by atoms with Crippen molar-refractivity contribution in [1.29, 1.82) is 0 Å². The fourth-order valence-corrected chi connectivity index (χ4v) is 2.95. The Morgan fingerprint density at radius 3 is 2.68 bits per heavy atom. The molecule has 3 rings (SSSR count). The highest BCUT2D eigenvalue weighted by Gasteiger charge is 2.17. The zero-order valence-corrected chi connectivity index (χ0v) is 13.1. The van der Waals surface area contributed by atoms with Crippen molar-refractivity contribution >= 4 is 5.82 Å². The van der Waals surface area contributed by atoms with Gasteiger partial charge in [-0.15, -0.1) is 10.2 Å². The van der Waals surface area contributed by atoms with Gasteiger partial charge in [0.1, 0.15) is 11.6 Å². The van der Waals surface area contributed by atoms with Crippen LogP contribution in [0.15, 0.2) is 30.3 Å². The van der Waals surface area contributed by atoms with E-state index in [1.54, 1.807) is 12.1 Å². The van der Waals surface area contributed by atoms with E-state index in [0.717, 1.165) is 29.2 Å². The van der Waals surface area contributed by atoms with Crippen LogP contribution in [-0.4, -0.2) is 46.4 Å². The average molecular weight is 298 g/mol. The van der Waals surface area contributed by atoms with Crippen molar-refractivity contribution in [3.63, 3.8) is 0 Å². The minimum atomic E-state index is 0.258. The standard InChI is InChI=1S/C17H22N4O/c1-12-10-16(18-14-4-3-9-21(2)11-14)19-20-17(12)13-5-7-15(22)8-6-13/h5-8,10,14,22H,3-4,9,11H2,1-2H3,(H,18,19)/t14-/m1/s1. The number of hydrogen-bond donors (Lipinski definition) is 2. The number of likely N-dealkylation sites (N-methyl/N-ethyl adjacent to an activating group) is 1. The molecule has 0 unspecified atom stereocenters. The van der Waals surface area contributed by atoms with E-state index in [2.05, 4.69) is 27.5 Å². The van der Waals surface area contributed by atoms with Gasteiger partial charge in [0.05, 0.1) is 5.69 Å². The molecule has 1 fully saturated rings. The van der Waals surface area contributed by atoms with Gasteiger partial charge in [-0.25, -0.2) is 0 Å². The van der Waals surface area contributed by atoms with Crippen LogP contribution in [0.5, 0.6) is 5.75 Å². The Bertz CT molecular complexity index is 642. The molecule has 1 aromatic carbocycles. The number of nitrogens with zero attached hydrogens (tertiary/aromatic N) is 3. The summed E-state index contributed by atoms with van der Waals surface area (Å²) >= 11 is 0. The Morgan fingerprint density at radius 1 is 1.23 bits per heavy atom. The van der Waals surface area contributed by atoms with Crippen LogP contribution >= 0.6 is 0 Å². The van der Waals surface area contributed by atoms with Gasteiger partial charge < -0.3 is 15.3 Å². The van der Waals surface area contributed by atoms with Crippen molar-refractivity contribution in [2.24, 2.45) is 0 Å². The van der Waals surface area contributed by atoms with Crippen LogP contribution in [0.4, 0.5) is 5.82 Å². The lowest BCUT2D eigenvalue weighted by molar-refractivity contribution is 0.260. The van der Waals surface area contributed by atoms with Gasteiger partial charge >= 0.3 is 0 Å². The SMILES string of the molecule is Cc1cc(N[C@@H]2CCCN(C)C2)nnc1-c1ccc(O)cc1. The Morgan fingerprint density at radius 2 is 2.00 bits per heavy atom. The van der Waals surface area contributed by atoms with Gasteiger partial charge in [0.2, 0.25) is 0 Å². The molecule has 22 heavy (non-hydrogen) atoms. The third kappa shape index (κ3) is 3.36. The van der Waals surface area contributed by atoms with Gasteiger partial charge in [0, 0.05) is 18.2 Å². The summed E-state index contributed by atoms with van der Waals surface area (Å²) in [5.41, 5.74) is 2.89. The molecule has 5 heteroatoms. The quantitative estimate of drug-likeness (QED) is 0.912. The molecular formula is C17H22N4O. The third-order valence-electron chi connectivity index (χ3n) is 4.10. The highest BCUT2D eigenvalue weighted by atomic mass is 16.3. The summed E-state index contributed by atoms with van der Waals surface area (Å²) in [5.74, 6) is 1.09. The third-order valence-corrected chi connectivity index (χ3v) is 4.10. The van der Waals surface area contributed by atoms with Crippen LogP contribution in [0, 0.1) is 6.92 Å². The van der Waals surface area contributed by atoms with Gasteiger partial charge in [-0.05, 0) is 69.3 Å². The molecule has 2 heterocycles. The first kappa shape index (κ1) is 14.8. The summed E-state index contributed by atoms with van der Waals surface area (Å²) in [4.78, 5) is 2.34. The second kappa shape index (κ2) is 6.32. The summed E-state index contributed by atoms with van der Waals surface area (Å²) in [5, 5.41) is 21.5. The number of likely N-dealkylation sites (tertiary alicyclic amines) is 1. The topological polar surface area (TPSA) is 61.3 Å². The monoisotopic (exact) mass is 298 g/mol. The summed E-state index contributed by atoms with van der Waals surface area (Å²) < 4.78 is 0. The first-order valence-electron chi connectivity index (χ1n) is 7.70. The summed E-state index contributed by atoms with van der Waals surface area (Å²) in [6.45, 7) is 4.25. The summed E-state index contributed by atoms with van der Waals surface area (Å²) in [6, 6.07) is 9.53. The van der Waals surface area contributed by atoms with Crippen LogP contribution in [0.2, 0.25) is 0 Å². The molecule has 1 atom stereocenters. The van der Waals surface area contributed by atoms with E-state index in [0.29, 0.717) is 6.04 Å². The summed E-state index contributed by atoms with van der Waals surface area (Å²) in [7, 11) is 2.15. The van der Waals surface area contributed by atoms with Crippen molar-refractivity contribution in [3.05, 3.63) is 35.9 Å². The molecule has 0 bridgehead atoms. The maximum absolute atomic E-state index is 9.37. The zero-order chi connectivity index (χ0) is 15.5. The van der Waals surface area contributed by atoms with E-state index in [1.165, 1.54) is 19.4 Å². The molecule has 0 radical (unpaired) electrons.